The Labute approximate surface area is 190 Å². The lowest BCUT2D eigenvalue weighted by atomic mass is 9.99. The topological polar surface area (TPSA) is 51.2 Å². The molecule has 4 aromatic rings. The zero-order valence-electron chi connectivity index (χ0n) is 17.3. The zero-order chi connectivity index (χ0) is 21.4. The van der Waals surface area contributed by atoms with Crippen LogP contribution >= 0.6 is 22.9 Å². The molecule has 6 heteroatoms. The predicted octanol–water partition coefficient (Wildman–Crippen LogP) is 6.24. The van der Waals surface area contributed by atoms with Crippen LogP contribution < -0.4 is 5.32 Å². The number of carbonyl (C=O) groups is 1. The fourth-order valence-corrected chi connectivity index (χ4v) is 5.56. The number of aryl methyl sites for hydroxylation is 1. The molecule has 3 heterocycles. The second kappa shape index (κ2) is 8.58. The fourth-order valence-electron chi connectivity index (χ4n) is 4.15. The van der Waals surface area contributed by atoms with Gasteiger partial charge in [-0.15, -0.1) is 11.3 Å². The van der Waals surface area contributed by atoms with Crippen molar-refractivity contribution in [1.29, 1.82) is 0 Å². The third kappa shape index (κ3) is 3.93. The van der Waals surface area contributed by atoms with Crippen LogP contribution in [0, 0.1) is 0 Å². The van der Waals surface area contributed by atoms with Crippen LogP contribution in [0.2, 0.25) is 5.02 Å². The van der Waals surface area contributed by atoms with Crippen LogP contribution in [0.1, 0.15) is 35.0 Å². The Morgan fingerprint density at radius 1 is 1.23 bits per heavy atom. The van der Waals surface area contributed by atoms with E-state index < -0.39 is 0 Å². The molecular formula is C25H23ClN2O2S. The second-order valence-corrected chi connectivity index (χ2v) is 9.32. The molecule has 0 saturated carbocycles. The summed E-state index contributed by atoms with van der Waals surface area (Å²) in [6.45, 7) is 3.45. The highest BCUT2D eigenvalue weighted by Gasteiger charge is 2.23. The van der Waals surface area contributed by atoms with Gasteiger partial charge < -0.3 is 10.1 Å². The number of ether oxygens (including phenoxy) is 1. The van der Waals surface area contributed by atoms with E-state index in [1.807, 2.05) is 24.4 Å². The molecule has 4 nitrogen and oxygen atoms in total. The van der Waals surface area contributed by atoms with Gasteiger partial charge in [-0.25, -0.2) is 0 Å². The molecule has 0 radical (unpaired) electrons. The minimum atomic E-state index is -0.0681. The van der Waals surface area contributed by atoms with Gasteiger partial charge in [0.05, 0.1) is 11.6 Å². The van der Waals surface area contributed by atoms with E-state index in [2.05, 4.69) is 41.5 Å². The highest BCUT2D eigenvalue weighted by atomic mass is 35.5. The number of carbonyl (C=O) groups excluding carboxylic acids is 1. The lowest BCUT2D eigenvalue weighted by Gasteiger charge is -2.11. The van der Waals surface area contributed by atoms with Crippen LogP contribution in [0.4, 0.5) is 0 Å². The van der Waals surface area contributed by atoms with Crippen molar-refractivity contribution in [3.63, 3.8) is 0 Å². The number of rotatable bonds is 5. The van der Waals surface area contributed by atoms with Gasteiger partial charge in [0.15, 0.2) is 0 Å². The summed E-state index contributed by atoms with van der Waals surface area (Å²) >= 11 is 7.79. The summed E-state index contributed by atoms with van der Waals surface area (Å²) in [7, 11) is 0. The van der Waals surface area contributed by atoms with Crippen molar-refractivity contribution in [2.24, 2.45) is 0 Å². The third-order valence-electron chi connectivity index (χ3n) is 5.85. The fraction of sp³-hybridized carbons (Fsp3) is 0.280. The van der Waals surface area contributed by atoms with E-state index in [0.717, 1.165) is 58.0 Å². The number of thiophene rings is 1. The zero-order valence-corrected chi connectivity index (χ0v) is 18.9. The van der Waals surface area contributed by atoms with E-state index in [1.165, 1.54) is 16.9 Å². The van der Waals surface area contributed by atoms with Crippen LogP contribution in [-0.2, 0) is 11.2 Å². The van der Waals surface area contributed by atoms with Crippen LogP contribution in [0.5, 0.6) is 0 Å². The number of hydrogen-bond acceptors (Lipinski definition) is 4. The number of halogens is 1. The Hall–Kier alpha value is -2.47. The average Bonchev–Trinajstić information content (AvgIpc) is 3.45. The van der Waals surface area contributed by atoms with Gasteiger partial charge >= 0.3 is 0 Å². The molecular weight excluding hydrogens is 428 g/mol. The Bertz CT molecular complexity index is 1260. The third-order valence-corrected chi connectivity index (χ3v) is 7.33. The van der Waals surface area contributed by atoms with Gasteiger partial charge in [-0.1, -0.05) is 42.8 Å². The van der Waals surface area contributed by atoms with E-state index >= 15 is 0 Å². The number of benzene rings is 2. The van der Waals surface area contributed by atoms with Crippen LogP contribution in [0.15, 0.2) is 48.7 Å². The SMILES string of the molecule is CCc1ccc(-c2c(C(=O)NC[C@H]3CCCO3)sc3c2cnc2ccc(Cl)cc23)cc1. The number of nitrogens with zero attached hydrogens (tertiary/aromatic N) is 1. The summed E-state index contributed by atoms with van der Waals surface area (Å²) < 4.78 is 6.71. The Kier molecular flexibility index (Phi) is 5.65. The van der Waals surface area contributed by atoms with Crippen molar-refractivity contribution in [2.75, 3.05) is 13.2 Å². The van der Waals surface area contributed by atoms with Crippen molar-refractivity contribution < 1.29 is 9.53 Å². The van der Waals surface area contributed by atoms with E-state index in [4.69, 9.17) is 16.3 Å². The van der Waals surface area contributed by atoms with Gasteiger partial charge in [-0.05, 0) is 48.6 Å². The normalized spacial score (nSPS) is 16.3. The minimum absolute atomic E-state index is 0.0681. The summed E-state index contributed by atoms with van der Waals surface area (Å²) in [4.78, 5) is 18.6. The van der Waals surface area contributed by atoms with Crippen molar-refractivity contribution in [2.45, 2.75) is 32.3 Å². The van der Waals surface area contributed by atoms with E-state index in [9.17, 15) is 4.79 Å². The molecule has 1 aliphatic heterocycles. The first-order valence-corrected chi connectivity index (χ1v) is 11.8. The predicted molar refractivity (Wildman–Crippen MR) is 128 cm³/mol. The molecule has 2 aromatic carbocycles. The van der Waals surface area contributed by atoms with E-state index in [0.29, 0.717) is 16.4 Å². The van der Waals surface area contributed by atoms with Crippen LogP contribution in [-0.4, -0.2) is 30.1 Å². The smallest absolute Gasteiger partial charge is 0.262 e. The number of pyridine rings is 1. The van der Waals surface area contributed by atoms with Crippen LogP contribution in [0.25, 0.3) is 32.1 Å². The van der Waals surface area contributed by atoms with Crippen LogP contribution in [0.3, 0.4) is 0 Å². The summed E-state index contributed by atoms with van der Waals surface area (Å²) in [6.07, 6.45) is 5.00. The monoisotopic (exact) mass is 450 g/mol. The largest absolute Gasteiger partial charge is 0.376 e. The Morgan fingerprint density at radius 3 is 2.81 bits per heavy atom. The number of hydrogen-bond donors (Lipinski definition) is 1. The van der Waals surface area contributed by atoms with Gasteiger partial charge in [-0.2, -0.15) is 0 Å². The van der Waals surface area contributed by atoms with E-state index in [-0.39, 0.29) is 12.0 Å². The molecule has 0 bridgehead atoms. The summed E-state index contributed by atoms with van der Waals surface area (Å²) in [5.41, 5.74) is 4.09. The molecule has 1 N–H and O–H groups in total. The van der Waals surface area contributed by atoms with Gasteiger partial charge in [0.2, 0.25) is 0 Å². The number of amides is 1. The van der Waals surface area contributed by atoms with Gasteiger partial charge in [0.1, 0.15) is 4.88 Å². The lowest BCUT2D eigenvalue weighted by molar-refractivity contribution is 0.0861. The maximum absolute atomic E-state index is 13.3. The van der Waals surface area contributed by atoms with Crippen molar-refractivity contribution in [1.82, 2.24) is 10.3 Å². The molecule has 0 unspecified atom stereocenters. The molecule has 1 atom stereocenters. The molecule has 31 heavy (non-hydrogen) atoms. The number of fused-ring (bicyclic) bond motifs is 3. The highest BCUT2D eigenvalue weighted by Crippen LogP contribution is 2.42. The Morgan fingerprint density at radius 2 is 2.06 bits per heavy atom. The maximum Gasteiger partial charge on any atom is 0.262 e. The molecule has 158 valence electrons. The molecule has 1 fully saturated rings. The summed E-state index contributed by atoms with van der Waals surface area (Å²) in [5, 5.41) is 5.70. The lowest BCUT2D eigenvalue weighted by Crippen LogP contribution is -2.31. The first-order valence-electron chi connectivity index (χ1n) is 10.6. The van der Waals surface area contributed by atoms with Gasteiger partial charge in [0, 0.05) is 45.4 Å². The molecule has 1 aliphatic rings. The van der Waals surface area contributed by atoms with Crippen molar-refractivity contribution in [3.8, 4) is 11.1 Å². The van der Waals surface area contributed by atoms with E-state index in [1.54, 1.807) is 0 Å². The van der Waals surface area contributed by atoms with Gasteiger partial charge in [-0.3, -0.25) is 9.78 Å². The van der Waals surface area contributed by atoms with Crippen molar-refractivity contribution in [3.05, 3.63) is 64.1 Å². The Balaban J connectivity index is 1.64. The molecule has 1 saturated heterocycles. The molecule has 0 aliphatic carbocycles. The highest BCUT2D eigenvalue weighted by molar-refractivity contribution is 7.22. The standard InChI is InChI=1S/C25H23ClN2O2S/c1-2-15-5-7-16(8-6-15)22-20-14-27-21-10-9-17(26)12-19(21)23(20)31-24(22)25(29)28-13-18-4-3-11-30-18/h5-10,12,14,18H,2-4,11,13H2,1H3,(H,28,29)/t18-/m1/s1. The molecule has 1 amide bonds. The molecule has 5 rings (SSSR count). The van der Waals surface area contributed by atoms with Gasteiger partial charge in [0.25, 0.3) is 5.91 Å². The summed E-state index contributed by atoms with van der Waals surface area (Å²) in [6, 6.07) is 14.1. The first-order chi connectivity index (χ1) is 15.1. The average molecular weight is 451 g/mol. The molecule has 0 spiro atoms. The quantitative estimate of drug-likeness (QED) is 0.391. The minimum Gasteiger partial charge on any atom is -0.376 e. The first kappa shape index (κ1) is 20.4. The van der Waals surface area contributed by atoms with Crippen molar-refractivity contribution >= 4 is 49.8 Å². The number of nitrogens with one attached hydrogen (secondary N) is 1. The summed E-state index contributed by atoms with van der Waals surface area (Å²) in [5.74, 6) is -0.0681. The number of aromatic nitrogens is 1. The maximum atomic E-state index is 13.3. The molecule has 2 aromatic heterocycles. The second-order valence-electron chi connectivity index (χ2n) is 7.86.